The van der Waals surface area contributed by atoms with Crippen LogP contribution in [0.5, 0.6) is 0 Å². The van der Waals surface area contributed by atoms with Gasteiger partial charge in [0.05, 0.1) is 12.0 Å². The maximum absolute atomic E-state index is 12.8. The fourth-order valence-corrected chi connectivity index (χ4v) is 3.77. The molecule has 0 bridgehead atoms. The molecule has 10 heteroatoms. The summed E-state index contributed by atoms with van der Waals surface area (Å²) in [6.07, 6.45) is 2.95. The molecule has 10 nitrogen and oxygen atoms in total. The summed E-state index contributed by atoms with van der Waals surface area (Å²) >= 11 is 0. The summed E-state index contributed by atoms with van der Waals surface area (Å²) in [7, 11) is 1.50. The number of fused-ring (bicyclic) bond motifs is 1. The molecule has 2 aromatic heterocycles. The van der Waals surface area contributed by atoms with Crippen LogP contribution in [0.15, 0.2) is 18.5 Å². The normalized spacial score (nSPS) is 16.8. The summed E-state index contributed by atoms with van der Waals surface area (Å²) in [5.41, 5.74) is 0.482. The number of hydrogen-bond acceptors (Lipinski definition) is 7. The van der Waals surface area contributed by atoms with Crippen molar-refractivity contribution in [2.45, 2.75) is 51.7 Å². The van der Waals surface area contributed by atoms with E-state index in [-0.39, 0.29) is 42.2 Å². The van der Waals surface area contributed by atoms with Crippen molar-refractivity contribution in [2.75, 3.05) is 32.1 Å². The van der Waals surface area contributed by atoms with E-state index in [1.165, 1.54) is 19.5 Å². The van der Waals surface area contributed by atoms with Crippen molar-refractivity contribution >= 4 is 34.7 Å². The Hall–Kier alpha value is -3.14. The van der Waals surface area contributed by atoms with Gasteiger partial charge >= 0.3 is 12.2 Å². The quantitative estimate of drug-likeness (QED) is 0.646. The molecule has 2 aromatic rings. The van der Waals surface area contributed by atoms with E-state index in [1.54, 1.807) is 11.0 Å². The van der Waals surface area contributed by atoms with Crippen LogP contribution in [0, 0.1) is 0 Å². The van der Waals surface area contributed by atoms with Crippen LogP contribution < -0.4 is 5.32 Å². The van der Waals surface area contributed by atoms with Gasteiger partial charge in [0.15, 0.2) is 11.4 Å². The number of nitrogens with zero attached hydrogens (tertiary/aromatic N) is 3. The summed E-state index contributed by atoms with van der Waals surface area (Å²) in [6, 6.07) is 1.63. The van der Waals surface area contributed by atoms with Crippen LogP contribution in [-0.4, -0.2) is 76.0 Å². The van der Waals surface area contributed by atoms with Crippen LogP contribution in [-0.2, 0) is 9.47 Å². The molecule has 1 atom stereocenters. The van der Waals surface area contributed by atoms with Crippen molar-refractivity contribution < 1.29 is 29.0 Å². The number of rotatable bonds is 6. The van der Waals surface area contributed by atoms with Crippen LogP contribution >= 0.6 is 0 Å². The average Bonchev–Trinajstić information content (AvgIpc) is 3.12. The van der Waals surface area contributed by atoms with Crippen molar-refractivity contribution in [3.8, 4) is 0 Å². The molecule has 1 fully saturated rings. The van der Waals surface area contributed by atoms with E-state index in [9.17, 15) is 19.5 Å². The number of piperidine rings is 1. The number of methoxy groups -OCH3 is 1. The molecule has 0 aromatic carbocycles. The van der Waals surface area contributed by atoms with E-state index >= 15 is 0 Å². The zero-order valence-corrected chi connectivity index (χ0v) is 18.9. The summed E-state index contributed by atoms with van der Waals surface area (Å²) < 4.78 is 11.4. The monoisotopic (exact) mass is 446 g/mol. The predicted octanol–water partition coefficient (Wildman–Crippen LogP) is 3.59. The zero-order valence-electron chi connectivity index (χ0n) is 18.9. The van der Waals surface area contributed by atoms with Gasteiger partial charge in [-0.1, -0.05) is 0 Å². The second kappa shape index (κ2) is 9.56. The largest absolute Gasteiger partial charge is 0.464 e. The van der Waals surface area contributed by atoms with Crippen molar-refractivity contribution in [1.82, 2.24) is 14.5 Å². The molecule has 0 radical (unpaired) electrons. The number of pyridine rings is 1. The molecular weight excluding hydrogens is 416 g/mol. The Morgan fingerprint density at radius 3 is 2.72 bits per heavy atom. The first-order valence-electron chi connectivity index (χ1n) is 10.6. The Balaban J connectivity index is 1.89. The van der Waals surface area contributed by atoms with Gasteiger partial charge in [-0.25, -0.2) is 19.1 Å². The van der Waals surface area contributed by atoms with E-state index < -0.39 is 11.7 Å². The molecule has 0 spiro atoms. The highest BCUT2D eigenvalue weighted by Crippen LogP contribution is 2.30. The highest BCUT2D eigenvalue weighted by molar-refractivity contribution is 6.13. The van der Waals surface area contributed by atoms with Gasteiger partial charge in [-0.2, -0.15) is 0 Å². The first-order chi connectivity index (χ1) is 15.1. The number of carbonyl (C=O) groups excluding carboxylic acids is 2. The van der Waals surface area contributed by atoms with E-state index in [0.717, 1.165) is 17.4 Å². The van der Waals surface area contributed by atoms with Crippen LogP contribution in [0.25, 0.3) is 11.0 Å². The van der Waals surface area contributed by atoms with Crippen LogP contribution in [0.3, 0.4) is 0 Å². The highest BCUT2D eigenvalue weighted by atomic mass is 16.6. The Kier molecular flexibility index (Phi) is 7.02. The van der Waals surface area contributed by atoms with Crippen LogP contribution in [0.4, 0.5) is 15.3 Å². The Morgan fingerprint density at radius 2 is 2.06 bits per heavy atom. The van der Waals surface area contributed by atoms with Crippen molar-refractivity contribution in [2.24, 2.45) is 0 Å². The number of anilines is 1. The summed E-state index contributed by atoms with van der Waals surface area (Å²) in [6.45, 7) is 6.75. The molecule has 0 aliphatic carbocycles. The topological polar surface area (TPSA) is 123 Å². The Labute approximate surface area is 186 Å². The lowest BCUT2D eigenvalue weighted by atomic mass is 10.0. The number of hydrogen-bond donors (Lipinski definition) is 2. The first kappa shape index (κ1) is 23.5. The van der Waals surface area contributed by atoms with Crippen molar-refractivity contribution in [3.63, 3.8) is 0 Å². The van der Waals surface area contributed by atoms with Gasteiger partial charge in [-0.3, -0.25) is 4.79 Å². The SMILES string of the molecule is COCCC(=O)c1cn(C(=O)O)c2nccc(NC3CCCN(C(=O)OC(C)(C)C)C3)c12. The van der Waals surface area contributed by atoms with Crippen molar-refractivity contribution in [3.05, 3.63) is 24.0 Å². The summed E-state index contributed by atoms with van der Waals surface area (Å²) in [4.78, 5) is 42.8. The maximum atomic E-state index is 12.8. The first-order valence-corrected chi connectivity index (χ1v) is 10.6. The third kappa shape index (κ3) is 5.37. The minimum atomic E-state index is -1.22. The third-order valence-corrected chi connectivity index (χ3v) is 5.16. The Morgan fingerprint density at radius 1 is 1.31 bits per heavy atom. The molecule has 1 saturated heterocycles. The molecule has 174 valence electrons. The standard InChI is InChI=1S/C22H30N4O6/c1-22(2,3)32-21(30)25-10-5-6-14(12-25)24-16-7-9-23-19-18(16)15(13-26(19)20(28)29)17(27)8-11-31-4/h7,9,13-14H,5-6,8,10-12H2,1-4H3,(H,23,24)(H,28,29). The fourth-order valence-electron chi connectivity index (χ4n) is 3.77. The molecule has 3 heterocycles. The lowest BCUT2D eigenvalue weighted by Crippen LogP contribution is -2.47. The molecule has 1 aliphatic rings. The van der Waals surface area contributed by atoms with E-state index in [4.69, 9.17) is 9.47 Å². The molecule has 1 amide bonds. The Bertz CT molecular complexity index is 1010. The molecule has 0 saturated carbocycles. The van der Waals surface area contributed by atoms with E-state index in [1.807, 2.05) is 20.8 Å². The van der Waals surface area contributed by atoms with E-state index in [2.05, 4.69) is 10.3 Å². The number of ketones is 1. The summed E-state index contributed by atoms with van der Waals surface area (Å²) in [5.74, 6) is -0.230. The molecule has 1 unspecified atom stereocenters. The van der Waals surface area contributed by atoms with Gasteiger partial charge in [-0.05, 0) is 39.7 Å². The van der Waals surface area contributed by atoms with Crippen LogP contribution in [0.1, 0.15) is 50.4 Å². The molecular formula is C22H30N4O6. The molecule has 3 rings (SSSR count). The number of likely N-dealkylation sites (tertiary alicyclic amines) is 1. The number of aromatic nitrogens is 2. The van der Waals surface area contributed by atoms with Gasteiger partial charge in [-0.15, -0.1) is 0 Å². The van der Waals surface area contributed by atoms with Gasteiger partial charge < -0.3 is 24.8 Å². The number of ether oxygens (including phenoxy) is 2. The fraction of sp³-hybridized carbons (Fsp3) is 0.545. The zero-order chi connectivity index (χ0) is 23.5. The lowest BCUT2D eigenvalue weighted by molar-refractivity contribution is 0.0206. The highest BCUT2D eigenvalue weighted by Gasteiger charge is 2.29. The van der Waals surface area contributed by atoms with Gasteiger partial charge in [0.25, 0.3) is 0 Å². The smallest absolute Gasteiger partial charge is 0.417 e. The van der Waals surface area contributed by atoms with E-state index in [0.29, 0.717) is 24.2 Å². The second-order valence-electron chi connectivity index (χ2n) is 8.83. The number of amides is 1. The predicted molar refractivity (Wildman–Crippen MR) is 118 cm³/mol. The average molecular weight is 447 g/mol. The number of carboxylic acid groups (broad SMARTS) is 1. The summed E-state index contributed by atoms with van der Waals surface area (Å²) in [5, 5.41) is 13.4. The third-order valence-electron chi connectivity index (χ3n) is 5.16. The molecule has 32 heavy (non-hydrogen) atoms. The molecule has 1 aliphatic heterocycles. The minimum Gasteiger partial charge on any atom is -0.464 e. The van der Waals surface area contributed by atoms with Gasteiger partial charge in [0.2, 0.25) is 0 Å². The number of nitrogens with one attached hydrogen (secondary N) is 1. The number of carbonyl (C=O) groups is 3. The van der Waals surface area contributed by atoms with Gasteiger partial charge in [0, 0.05) is 56.3 Å². The second-order valence-corrected chi connectivity index (χ2v) is 8.83. The molecule has 2 N–H and O–H groups in total. The van der Waals surface area contributed by atoms with Crippen molar-refractivity contribution in [1.29, 1.82) is 0 Å². The maximum Gasteiger partial charge on any atom is 0.417 e. The van der Waals surface area contributed by atoms with Gasteiger partial charge in [0.1, 0.15) is 5.60 Å². The van der Waals surface area contributed by atoms with Crippen LogP contribution in [0.2, 0.25) is 0 Å². The minimum absolute atomic E-state index is 0.0861. The lowest BCUT2D eigenvalue weighted by Gasteiger charge is -2.35. The number of Topliss-reactive ketones (excluding diaryl/α,β-unsaturated/α-hetero) is 1.